The maximum atomic E-state index is 11.8. The van der Waals surface area contributed by atoms with Gasteiger partial charge in [-0.15, -0.1) is 0 Å². The SMILES string of the molecule is CC(C)N1CC(NC(=O)Nc2ccccn2)CC1=O. The Balaban J connectivity index is 1.86. The average molecular weight is 262 g/mol. The minimum atomic E-state index is -0.331. The number of likely N-dealkylation sites (tertiary alicyclic amines) is 1. The van der Waals surface area contributed by atoms with E-state index in [4.69, 9.17) is 0 Å². The van der Waals surface area contributed by atoms with Crippen LogP contribution in [0.2, 0.25) is 0 Å². The monoisotopic (exact) mass is 262 g/mol. The van der Waals surface area contributed by atoms with Gasteiger partial charge in [0.05, 0.1) is 6.04 Å². The second kappa shape index (κ2) is 5.69. The third-order valence-corrected chi connectivity index (χ3v) is 3.02. The van der Waals surface area contributed by atoms with E-state index >= 15 is 0 Å². The Hall–Kier alpha value is -2.11. The van der Waals surface area contributed by atoms with Crippen LogP contribution in [0.4, 0.5) is 10.6 Å². The van der Waals surface area contributed by atoms with Crippen molar-refractivity contribution >= 4 is 17.8 Å². The molecule has 6 nitrogen and oxygen atoms in total. The van der Waals surface area contributed by atoms with Crippen molar-refractivity contribution in [2.45, 2.75) is 32.4 Å². The van der Waals surface area contributed by atoms with Crippen molar-refractivity contribution in [1.82, 2.24) is 15.2 Å². The van der Waals surface area contributed by atoms with Crippen LogP contribution in [0.5, 0.6) is 0 Å². The van der Waals surface area contributed by atoms with Gasteiger partial charge in [0.2, 0.25) is 5.91 Å². The third-order valence-electron chi connectivity index (χ3n) is 3.02. The first-order valence-corrected chi connectivity index (χ1v) is 6.34. The van der Waals surface area contributed by atoms with Gasteiger partial charge in [0.1, 0.15) is 5.82 Å². The number of anilines is 1. The minimum Gasteiger partial charge on any atom is -0.338 e. The smallest absolute Gasteiger partial charge is 0.320 e. The van der Waals surface area contributed by atoms with Crippen LogP contribution in [0, 0.1) is 0 Å². The Morgan fingerprint density at radius 3 is 2.84 bits per heavy atom. The zero-order valence-corrected chi connectivity index (χ0v) is 11.1. The Labute approximate surface area is 112 Å². The van der Waals surface area contributed by atoms with Gasteiger partial charge in [-0.3, -0.25) is 10.1 Å². The molecule has 1 saturated heterocycles. The van der Waals surface area contributed by atoms with Crippen LogP contribution < -0.4 is 10.6 Å². The largest absolute Gasteiger partial charge is 0.338 e. The highest BCUT2D eigenvalue weighted by atomic mass is 16.2. The molecule has 102 valence electrons. The molecule has 6 heteroatoms. The number of hydrogen-bond donors (Lipinski definition) is 2. The summed E-state index contributed by atoms with van der Waals surface area (Å²) in [6, 6.07) is 4.97. The summed E-state index contributed by atoms with van der Waals surface area (Å²) < 4.78 is 0. The lowest BCUT2D eigenvalue weighted by Crippen LogP contribution is -2.40. The molecule has 1 aliphatic heterocycles. The number of urea groups is 1. The number of amides is 3. The van der Waals surface area contributed by atoms with Crippen LogP contribution in [-0.2, 0) is 4.79 Å². The molecule has 0 spiro atoms. The highest BCUT2D eigenvalue weighted by Gasteiger charge is 2.31. The number of aromatic nitrogens is 1. The minimum absolute atomic E-state index is 0.0816. The van der Waals surface area contributed by atoms with E-state index in [2.05, 4.69) is 15.6 Å². The first-order valence-electron chi connectivity index (χ1n) is 6.34. The zero-order chi connectivity index (χ0) is 13.8. The lowest BCUT2D eigenvalue weighted by atomic mass is 10.2. The second-order valence-electron chi connectivity index (χ2n) is 4.85. The highest BCUT2D eigenvalue weighted by molar-refractivity contribution is 5.89. The van der Waals surface area contributed by atoms with Crippen LogP contribution in [0.15, 0.2) is 24.4 Å². The fraction of sp³-hybridized carbons (Fsp3) is 0.462. The molecule has 0 aliphatic carbocycles. The number of rotatable bonds is 3. The molecule has 0 aromatic carbocycles. The number of pyridine rings is 1. The standard InChI is InChI=1S/C13H18N4O2/c1-9(2)17-8-10(7-12(17)18)15-13(19)16-11-5-3-4-6-14-11/h3-6,9-10H,7-8H2,1-2H3,(H2,14,15,16,19). The lowest BCUT2D eigenvalue weighted by Gasteiger charge is -2.21. The Kier molecular flexibility index (Phi) is 3.99. The van der Waals surface area contributed by atoms with Gasteiger partial charge in [-0.25, -0.2) is 9.78 Å². The van der Waals surface area contributed by atoms with E-state index in [-0.39, 0.29) is 24.0 Å². The molecule has 0 radical (unpaired) electrons. The molecule has 0 saturated carbocycles. The van der Waals surface area contributed by atoms with E-state index in [0.717, 1.165) is 0 Å². The molecule has 1 unspecified atom stereocenters. The molecular weight excluding hydrogens is 244 g/mol. The van der Waals surface area contributed by atoms with Crippen molar-refractivity contribution in [2.24, 2.45) is 0 Å². The third kappa shape index (κ3) is 3.43. The Bertz CT molecular complexity index is 461. The molecular formula is C13H18N4O2. The topological polar surface area (TPSA) is 74.3 Å². The van der Waals surface area contributed by atoms with Crippen LogP contribution in [-0.4, -0.2) is 40.5 Å². The predicted octanol–water partition coefficient (Wildman–Crippen LogP) is 1.21. The van der Waals surface area contributed by atoms with Crippen LogP contribution >= 0.6 is 0 Å². The summed E-state index contributed by atoms with van der Waals surface area (Å²) in [7, 11) is 0. The summed E-state index contributed by atoms with van der Waals surface area (Å²) in [4.78, 5) is 29.2. The summed E-state index contributed by atoms with van der Waals surface area (Å²) in [5.74, 6) is 0.572. The normalized spacial score (nSPS) is 18.8. The van der Waals surface area contributed by atoms with E-state index in [1.807, 2.05) is 13.8 Å². The molecule has 1 aromatic heterocycles. The van der Waals surface area contributed by atoms with E-state index in [1.165, 1.54) is 0 Å². The van der Waals surface area contributed by atoms with Gasteiger partial charge in [-0.1, -0.05) is 6.07 Å². The predicted molar refractivity (Wildman–Crippen MR) is 71.6 cm³/mol. The molecule has 2 heterocycles. The van der Waals surface area contributed by atoms with E-state index in [9.17, 15) is 9.59 Å². The summed E-state index contributed by atoms with van der Waals surface area (Å²) in [5, 5.41) is 5.43. The Morgan fingerprint density at radius 2 is 2.26 bits per heavy atom. The molecule has 1 atom stereocenters. The van der Waals surface area contributed by atoms with Crippen molar-refractivity contribution in [3.63, 3.8) is 0 Å². The summed E-state index contributed by atoms with van der Waals surface area (Å²) in [6.07, 6.45) is 1.96. The molecule has 19 heavy (non-hydrogen) atoms. The fourth-order valence-electron chi connectivity index (χ4n) is 2.10. The average Bonchev–Trinajstić information content (AvgIpc) is 2.71. The van der Waals surface area contributed by atoms with Crippen LogP contribution in [0.25, 0.3) is 0 Å². The molecule has 1 aliphatic rings. The summed E-state index contributed by atoms with van der Waals surface area (Å²) in [6.45, 7) is 4.49. The first kappa shape index (κ1) is 13.3. The second-order valence-corrected chi connectivity index (χ2v) is 4.85. The Morgan fingerprint density at radius 1 is 1.47 bits per heavy atom. The molecule has 2 N–H and O–H groups in total. The van der Waals surface area contributed by atoms with Gasteiger partial charge < -0.3 is 10.2 Å². The quantitative estimate of drug-likeness (QED) is 0.860. The zero-order valence-electron chi connectivity index (χ0n) is 11.1. The van der Waals surface area contributed by atoms with Crippen LogP contribution in [0.3, 0.4) is 0 Å². The van der Waals surface area contributed by atoms with Crippen molar-refractivity contribution in [3.05, 3.63) is 24.4 Å². The van der Waals surface area contributed by atoms with E-state index in [0.29, 0.717) is 18.8 Å². The first-order chi connectivity index (χ1) is 9.06. The molecule has 3 amide bonds. The van der Waals surface area contributed by atoms with Gasteiger partial charge in [0, 0.05) is 25.2 Å². The molecule has 0 bridgehead atoms. The van der Waals surface area contributed by atoms with Gasteiger partial charge in [-0.05, 0) is 26.0 Å². The number of nitrogens with zero attached hydrogens (tertiary/aromatic N) is 2. The maximum absolute atomic E-state index is 11.8. The van der Waals surface area contributed by atoms with E-state index < -0.39 is 0 Å². The maximum Gasteiger partial charge on any atom is 0.320 e. The van der Waals surface area contributed by atoms with Crippen molar-refractivity contribution in [3.8, 4) is 0 Å². The van der Waals surface area contributed by atoms with Crippen molar-refractivity contribution in [1.29, 1.82) is 0 Å². The highest BCUT2D eigenvalue weighted by Crippen LogP contribution is 2.14. The molecule has 1 aromatic rings. The van der Waals surface area contributed by atoms with Gasteiger partial charge in [-0.2, -0.15) is 0 Å². The van der Waals surface area contributed by atoms with E-state index in [1.54, 1.807) is 29.3 Å². The van der Waals surface area contributed by atoms with Gasteiger partial charge >= 0.3 is 6.03 Å². The molecule has 2 rings (SSSR count). The summed E-state index contributed by atoms with van der Waals surface area (Å²) in [5.41, 5.74) is 0. The summed E-state index contributed by atoms with van der Waals surface area (Å²) >= 11 is 0. The van der Waals surface area contributed by atoms with Crippen molar-refractivity contribution in [2.75, 3.05) is 11.9 Å². The van der Waals surface area contributed by atoms with Gasteiger partial charge in [0.15, 0.2) is 0 Å². The number of carbonyl (C=O) groups excluding carboxylic acids is 2. The lowest BCUT2D eigenvalue weighted by molar-refractivity contribution is -0.129. The number of nitrogens with one attached hydrogen (secondary N) is 2. The number of carbonyl (C=O) groups is 2. The molecule has 1 fully saturated rings. The van der Waals surface area contributed by atoms with Crippen LogP contribution in [0.1, 0.15) is 20.3 Å². The number of hydrogen-bond acceptors (Lipinski definition) is 3. The van der Waals surface area contributed by atoms with Crippen molar-refractivity contribution < 1.29 is 9.59 Å². The fourth-order valence-corrected chi connectivity index (χ4v) is 2.10. The van der Waals surface area contributed by atoms with Gasteiger partial charge in [0.25, 0.3) is 0 Å².